The molecular formula is C21H18N4O2. The molecule has 134 valence electrons. The number of hydrogen-bond acceptors (Lipinski definition) is 3. The van der Waals surface area contributed by atoms with Crippen LogP contribution < -0.4 is 10.6 Å². The Kier molecular flexibility index (Phi) is 5.65. The second kappa shape index (κ2) is 8.50. The molecule has 6 nitrogen and oxygen atoms in total. The van der Waals surface area contributed by atoms with E-state index in [1.54, 1.807) is 36.4 Å². The summed E-state index contributed by atoms with van der Waals surface area (Å²) in [5, 5.41) is 14.0. The van der Waals surface area contributed by atoms with E-state index in [1.807, 2.05) is 47.3 Å². The summed E-state index contributed by atoms with van der Waals surface area (Å²) in [5.74, 6) is -0.533. The quantitative estimate of drug-likeness (QED) is 0.709. The van der Waals surface area contributed by atoms with Crippen LogP contribution in [0.1, 0.15) is 22.3 Å². The van der Waals surface area contributed by atoms with Crippen molar-refractivity contribution in [2.75, 3.05) is 5.32 Å². The summed E-state index contributed by atoms with van der Waals surface area (Å²) in [6.07, 6.45) is 3.71. The summed E-state index contributed by atoms with van der Waals surface area (Å²) in [6.45, 7) is 0.301. The number of benzene rings is 2. The molecule has 0 spiro atoms. The number of aromatic nitrogens is 1. The zero-order valence-corrected chi connectivity index (χ0v) is 14.6. The molecule has 0 saturated carbocycles. The van der Waals surface area contributed by atoms with Gasteiger partial charge in [-0.05, 0) is 54.1 Å². The van der Waals surface area contributed by atoms with Crippen LogP contribution in [0.3, 0.4) is 0 Å². The first-order chi connectivity index (χ1) is 13.2. The molecule has 0 radical (unpaired) electrons. The average molecular weight is 358 g/mol. The van der Waals surface area contributed by atoms with E-state index in [-0.39, 0.29) is 18.2 Å². The second-order valence-corrected chi connectivity index (χ2v) is 5.90. The summed E-state index contributed by atoms with van der Waals surface area (Å²) >= 11 is 0. The van der Waals surface area contributed by atoms with Gasteiger partial charge in [0.2, 0.25) is 5.91 Å². The summed E-state index contributed by atoms with van der Waals surface area (Å²) in [7, 11) is 0. The van der Waals surface area contributed by atoms with Crippen LogP contribution in [0.15, 0.2) is 73.1 Å². The number of rotatable bonds is 6. The van der Waals surface area contributed by atoms with Crippen LogP contribution in [0.4, 0.5) is 5.69 Å². The molecule has 0 saturated heterocycles. The van der Waals surface area contributed by atoms with E-state index >= 15 is 0 Å². The lowest BCUT2D eigenvalue weighted by molar-refractivity contribution is -0.120. The predicted molar refractivity (Wildman–Crippen MR) is 102 cm³/mol. The highest BCUT2D eigenvalue weighted by molar-refractivity contribution is 6.04. The molecular weight excluding hydrogens is 340 g/mol. The minimum atomic E-state index is -0.324. The van der Waals surface area contributed by atoms with E-state index in [0.29, 0.717) is 17.8 Å². The first-order valence-electron chi connectivity index (χ1n) is 8.43. The fourth-order valence-corrected chi connectivity index (χ4v) is 2.59. The van der Waals surface area contributed by atoms with E-state index in [9.17, 15) is 9.59 Å². The molecule has 2 amide bonds. The Morgan fingerprint density at radius 1 is 1.00 bits per heavy atom. The molecule has 1 aromatic heterocycles. The number of anilines is 1. The second-order valence-electron chi connectivity index (χ2n) is 5.90. The van der Waals surface area contributed by atoms with Crippen molar-refractivity contribution < 1.29 is 9.59 Å². The molecule has 0 atom stereocenters. The number of nitrogens with zero attached hydrogens (tertiary/aromatic N) is 2. The fraction of sp³-hybridized carbons (Fsp3) is 0.0952. The molecule has 2 N–H and O–H groups in total. The number of nitrogens with one attached hydrogen (secondary N) is 2. The smallest absolute Gasteiger partial charge is 0.255 e. The highest BCUT2D eigenvalue weighted by Crippen LogP contribution is 2.14. The molecule has 0 unspecified atom stereocenters. The topological polar surface area (TPSA) is 86.9 Å². The summed E-state index contributed by atoms with van der Waals surface area (Å²) in [5.41, 5.74) is 3.01. The highest BCUT2D eigenvalue weighted by Gasteiger charge is 2.07. The number of carbonyl (C=O) groups is 2. The molecule has 3 aromatic rings. The molecule has 1 heterocycles. The van der Waals surface area contributed by atoms with Gasteiger partial charge in [0.25, 0.3) is 5.91 Å². The van der Waals surface area contributed by atoms with Crippen molar-refractivity contribution >= 4 is 17.5 Å². The minimum Gasteiger partial charge on any atom is -0.351 e. The molecule has 0 aliphatic heterocycles. The van der Waals surface area contributed by atoms with Gasteiger partial charge in [0.05, 0.1) is 6.07 Å². The van der Waals surface area contributed by atoms with Crippen molar-refractivity contribution in [2.45, 2.75) is 13.0 Å². The Bertz CT molecular complexity index is 970. The van der Waals surface area contributed by atoms with Gasteiger partial charge >= 0.3 is 0 Å². The maximum Gasteiger partial charge on any atom is 0.255 e. The van der Waals surface area contributed by atoms with Crippen LogP contribution >= 0.6 is 0 Å². The van der Waals surface area contributed by atoms with E-state index in [1.165, 1.54) is 0 Å². The van der Waals surface area contributed by atoms with Gasteiger partial charge < -0.3 is 15.2 Å². The van der Waals surface area contributed by atoms with Gasteiger partial charge in [-0.2, -0.15) is 5.26 Å². The highest BCUT2D eigenvalue weighted by atomic mass is 16.2. The van der Waals surface area contributed by atoms with Gasteiger partial charge in [-0.1, -0.05) is 12.1 Å². The van der Waals surface area contributed by atoms with Crippen LogP contribution in [0.5, 0.6) is 0 Å². The summed E-state index contributed by atoms with van der Waals surface area (Å²) in [6, 6.07) is 20.2. The Hall–Kier alpha value is -3.85. The standard InChI is InChI=1S/C21H18N4O2/c22-11-10-20(26)23-15-16-4-3-5-18(14-16)24-21(27)17-6-8-19(9-7-17)25-12-1-2-13-25/h1-9,12-14H,10,15H2,(H,23,26)(H,24,27). The molecule has 3 rings (SSSR count). The maximum atomic E-state index is 12.5. The zero-order chi connectivity index (χ0) is 19.1. The van der Waals surface area contributed by atoms with E-state index in [2.05, 4.69) is 10.6 Å². The average Bonchev–Trinajstić information content (AvgIpc) is 3.22. The van der Waals surface area contributed by atoms with Crippen LogP contribution in [0.2, 0.25) is 0 Å². The largest absolute Gasteiger partial charge is 0.351 e. The van der Waals surface area contributed by atoms with E-state index < -0.39 is 0 Å². The lowest BCUT2D eigenvalue weighted by Crippen LogP contribution is -2.22. The van der Waals surface area contributed by atoms with Crippen molar-refractivity contribution in [3.8, 4) is 11.8 Å². The third-order valence-corrected chi connectivity index (χ3v) is 3.95. The number of nitriles is 1. The Balaban J connectivity index is 1.63. The third kappa shape index (κ3) is 4.83. The first-order valence-corrected chi connectivity index (χ1v) is 8.43. The van der Waals surface area contributed by atoms with Gasteiger partial charge in [0.15, 0.2) is 0 Å². The molecule has 2 aromatic carbocycles. The fourth-order valence-electron chi connectivity index (χ4n) is 2.59. The lowest BCUT2D eigenvalue weighted by atomic mass is 10.1. The molecule has 27 heavy (non-hydrogen) atoms. The zero-order valence-electron chi connectivity index (χ0n) is 14.6. The van der Waals surface area contributed by atoms with Crippen molar-refractivity contribution in [1.29, 1.82) is 5.26 Å². The van der Waals surface area contributed by atoms with Crippen molar-refractivity contribution in [1.82, 2.24) is 9.88 Å². The molecule has 0 fully saturated rings. The van der Waals surface area contributed by atoms with Crippen LogP contribution in [0.25, 0.3) is 5.69 Å². The van der Waals surface area contributed by atoms with Gasteiger partial charge in [-0.15, -0.1) is 0 Å². The summed E-state index contributed by atoms with van der Waals surface area (Å²) in [4.78, 5) is 23.8. The van der Waals surface area contributed by atoms with Crippen molar-refractivity contribution in [2.24, 2.45) is 0 Å². The predicted octanol–water partition coefficient (Wildman–Crippen LogP) is 3.26. The normalized spacial score (nSPS) is 10.0. The van der Waals surface area contributed by atoms with Crippen molar-refractivity contribution in [3.63, 3.8) is 0 Å². The molecule has 0 bridgehead atoms. The number of hydrogen-bond donors (Lipinski definition) is 2. The Labute approximate surface area is 157 Å². The summed E-state index contributed by atoms with van der Waals surface area (Å²) < 4.78 is 1.96. The van der Waals surface area contributed by atoms with Crippen LogP contribution in [0, 0.1) is 11.3 Å². The maximum absolute atomic E-state index is 12.5. The monoisotopic (exact) mass is 358 g/mol. The van der Waals surface area contributed by atoms with Crippen LogP contribution in [-0.4, -0.2) is 16.4 Å². The number of amides is 2. The minimum absolute atomic E-state index is 0.171. The van der Waals surface area contributed by atoms with Gasteiger partial charge in [-0.25, -0.2) is 0 Å². The van der Waals surface area contributed by atoms with E-state index in [4.69, 9.17) is 5.26 Å². The first kappa shape index (κ1) is 18.0. The third-order valence-electron chi connectivity index (χ3n) is 3.95. The SMILES string of the molecule is N#CCC(=O)NCc1cccc(NC(=O)c2ccc(-n3cccc3)cc2)c1. The van der Waals surface area contributed by atoms with E-state index in [0.717, 1.165) is 11.3 Å². The number of carbonyl (C=O) groups excluding carboxylic acids is 2. The van der Waals surface area contributed by atoms with Crippen LogP contribution in [-0.2, 0) is 11.3 Å². The van der Waals surface area contributed by atoms with Crippen molar-refractivity contribution in [3.05, 3.63) is 84.2 Å². The Morgan fingerprint density at radius 3 is 2.44 bits per heavy atom. The molecule has 0 aliphatic carbocycles. The molecule has 6 heteroatoms. The lowest BCUT2D eigenvalue weighted by Gasteiger charge is -2.09. The Morgan fingerprint density at radius 2 is 1.74 bits per heavy atom. The van der Waals surface area contributed by atoms with Gasteiger partial charge in [-0.3, -0.25) is 9.59 Å². The van der Waals surface area contributed by atoms with Gasteiger partial charge in [0, 0.05) is 35.9 Å². The van der Waals surface area contributed by atoms with Gasteiger partial charge in [0.1, 0.15) is 6.42 Å². The molecule has 0 aliphatic rings.